The van der Waals surface area contributed by atoms with Gasteiger partial charge in [-0.15, -0.1) is 0 Å². The van der Waals surface area contributed by atoms with Crippen molar-refractivity contribution in [2.45, 2.75) is 0 Å². The summed E-state index contributed by atoms with van der Waals surface area (Å²) in [6.07, 6.45) is 1.55. The van der Waals surface area contributed by atoms with Crippen molar-refractivity contribution in [2.24, 2.45) is 0 Å². The number of anilines is 1. The number of halogens is 2. The molecule has 1 heterocycles. The molecule has 0 fully saturated rings. The van der Waals surface area contributed by atoms with Crippen LogP contribution in [0.1, 0.15) is 20.7 Å². The molecule has 0 spiro atoms. The number of carboxylic acids is 1. The predicted molar refractivity (Wildman–Crippen MR) is 78.3 cm³/mol. The molecule has 20 heavy (non-hydrogen) atoms. The Labute approximate surface area is 127 Å². The average molecular weight is 356 g/mol. The highest BCUT2D eigenvalue weighted by atomic mass is 79.9. The number of hydrogen-bond donors (Lipinski definition) is 2. The van der Waals surface area contributed by atoms with Crippen molar-refractivity contribution in [1.82, 2.24) is 4.98 Å². The van der Waals surface area contributed by atoms with Gasteiger partial charge in [-0.25, -0.2) is 9.78 Å². The smallest absolute Gasteiger partial charge is 0.337 e. The first-order valence-corrected chi connectivity index (χ1v) is 6.61. The second-order valence-electron chi connectivity index (χ2n) is 3.80. The van der Waals surface area contributed by atoms with Crippen molar-refractivity contribution in [1.29, 1.82) is 0 Å². The van der Waals surface area contributed by atoms with Crippen molar-refractivity contribution in [3.05, 3.63) is 57.3 Å². The van der Waals surface area contributed by atoms with Crippen LogP contribution < -0.4 is 5.32 Å². The lowest BCUT2D eigenvalue weighted by molar-refractivity contribution is 0.0696. The maximum absolute atomic E-state index is 12.0. The maximum Gasteiger partial charge on any atom is 0.337 e. The number of carboxylic acid groups (broad SMARTS) is 1. The Morgan fingerprint density at radius 1 is 1.25 bits per heavy atom. The molecule has 0 saturated heterocycles. The lowest BCUT2D eigenvalue weighted by Crippen LogP contribution is -2.13. The summed E-state index contributed by atoms with van der Waals surface area (Å²) < 4.78 is 0.407. The average Bonchev–Trinajstić information content (AvgIpc) is 2.41. The van der Waals surface area contributed by atoms with E-state index in [1.54, 1.807) is 18.3 Å². The number of hydrogen-bond acceptors (Lipinski definition) is 3. The van der Waals surface area contributed by atoms with Crippen LogP contribution in [0, 0.1) is 0 Å². The Bertz CT molecular complexity index is 691. The SMILES string of the molecule is O=C(O)c1cc(NC(=O)c2cccnc2Br)ccc1Cl. The summed E-state index contributed by atoms with van der Waals surface area (Å²) >= 11 is 8.93. The number of nitrogens with zero attached hydrogens (tertiary/aromatic N) is 1. The van der Waals surface area contributed by atoms with Gasteiger partial charge in [0.25, 0.3) is 5.91 Å². The Morgan fingerprint density at radius 2 is 2.00 bits per heavy atom. The third-order valence-electron chi connectivity index (χ3n) is 2.46. The van der Waals surface area contributed by atoms with Crippen LogP contribution in [-0.4, -0.2) is 22.0 Å². The van der Waals surface area contributed by atoms with E-state index in [1.807, 2.05) is 0 Å². The highest BCUT2D eigenvalue weighted by Gasteiger charge is 2.13. The Hall–Kier alpha value is -1.92. The van der Waals surface area contributed by atoms with Crippen LogP contribution in [0.15, 0.2) is 41.1 Å². The van der Waals surface area contributed by atoms with E-state index in [-0.39, 0.29) is 10.6 Å². The Balaban J connectivity index is 2.27. The second-order valence-corrected chi connectivity index (χ2v) is 4.95. The summed E-state index contributed by atoms with van der Waals surface area (Å²) in [6, 6.07) is 7.47. The summed E-state index contributed by atoms with van der Waals surface area (Å²) in [5.74, 6) is -1.56. The minimum absolute atomic E-state index is 0.0743. The number of aromatic carboxylic acids is 1. The van der Waals surface area contributed by atoms with E-state index in [4.69, 9.17) is 16.7 Å². The van der Waals surface area contributed by atoms with E-state index in [2.05, 4.69) is 26.2 Å². The quantitative estimate of drug-likeness (QED) is 0.827. The van der Waals surface area contributed by atoms with E-state index in [0.29, 0.717) is 15.9 Å². The summed E-state index contributed by atoms with van der Waals surface area (Å²) in [4.78, 5) is 27.0. The molecule has 0 aliphatic carbocycles. The van der Waals surface area contributed by atoms with Gasteiger partial charge in [-0.2, -0.15) is 0 Å². The summed E-state index contributed by atoms with van der Waals surface area (Å²) in [5.41, 5.74) is 0.613. The van der Waals surface area contributed by atoms with Crippen molar-refractivity contribution in [3.63, 3.8) is 0 Å². The molecule has 2 N–H and O–H groups in total. The van der Waals surface area contributed by atoms with Gasteiger partial charge in [0.2, 0.25) is 0 Å². The van der Waals surface area contributed by atoms with Crippen LogP contribution in [0.25, 0.3) is 0 Å². The van der Waals surface area contributed by atoms with Gasteiger partial charge < -0.3 is 10.4 Å². The fourth-order valence-corrected chi connectivity index (χ4v) is 2.15. The number of aromatic nitrogens is 1. The van der Waals surface area contributed by atoms with Crippen LogP contribution in [0.2, 0.25) is 5.02 Å². The van der Waals surface area contributed by atoms with Crippen LogP contribution in [0.5, 0.6) is 0 Å². The molecule has 7 heteroatoms. The summed E-state index contributed by atoms with van der Waals surface area (Å²) in [6.45, 7) is 0. The molecule has 1 amide bonds. The number of amides is 1. The highest BCUT2D eigenvalue weighted by molar-refractivity contribution is 9.10. The first-order chi connectivity index (χ1) is 9.49. The number of rotatable bonds is 3. The van der Waals surface area contributed by atoms with Gasteiger partial charge in [0, 0.05) is 11.9 Å². The molecule has 0 aliphatic rings. The molecule has 1 aromatic heterocycles. The second kappa shape index (κ2) is 6.02. The van der Waals surface area contributed by atoms with Crippen molar-refractivity contribution in [3.8, 4) is 0 Å². The minimum atomic E-state index is -1.16. The highest BCUT2D eigenvalue weighted by Crippen LogP contribution is 2.22. The topological polar surface area (TPSA) is 79.3 Å². The molecular formula is C13H8BrClN2O3. The van der Waals surface area contributed by atoms with Gasteiger partial charge >= 0.3 is 5.97 Å². The monoisotopic (exact) mass is 354 g/mol. The van der Waals surface area contributed by atoms with Gasteiger partial charge in [0.05, 0.1) is 16.1 Å². The molecule has 1 aromatic carbocycles. The standard InChI is InChI=1S/C13H8BrClN2O3/c14-11-8(2-1-5-16-11)12(18)17-7-3-4-10(15)9(6-7)13(19)20/h1-6H,(H,17,18)(H,19,20). The van der Waals surface area contributed by atoms with E-state index < -0.39 is 11.9 Å². The number of benzene rings is 1. The van der Waals surface area contributed by atoms with Crippen LogP contribution >= 0.6 is 27.5 Å². The zero-order chi connectivity index (χ0) is 14.7. The fraction of sp³-hybridized carbons (Fsp3) is 0. The minimum Gasteiger partial charge on any atom is -0.478 e. The first kappa shape index (κ1) is 14.5. The van der Waals surface area contributed by atoms with E-state index in [0.717, 1.165) is 0 Å². The molecule has 2 aromatic rings. The largest absolute Gasteiger partial charge is 0.478 e. The lowest BCUT2D eigenvalue weighted by Gasteiger charge is -2.08. The van der Waals surface area contributed by atoms with E-state index in [1.165, 1.54) is 18.2 Å². The zero-order valence-electron chi connectivity index (χ0n) is 9.93. The molecule has 0 radical (unpaired) electrons. The van der Waals surface area contributed by atoms with Crippen molar-refractivity contribution >= 4 is 45.1 Å². The molecular weight excluding hydrogens is 348 g/mol. The number of pyridine rings is 1. The first-order valence-electron chi connectivity index (χ1n) is 5.44. The third kappa shape index (κ3) is 3.15. The van der Waals surface area contributed by atoms with Gasteiger partial charge in [0.1, 0.15) is 4.60 Å². The number of carbonyl (C=O) groups excluding carboxylic acids is 1. The zero-order valence-corrected chi connectivity index (χ0v) is 12.3. The van der Waals surface area contributed by atoms with Crippen molar-refractivity contribution < 1.29 is 14.7 Å². The fourth-order valence-electron chi connectivity index (χ4n) is 1.52. The van der Waals surface area contributed by atoms with Gasteiger partial charge in [-0.1, -0.05) is 11.6 Å². The van der Waals surface area contributed by atoms with Gasteiger partial charge in [-0.3, -0.25) is 4.79 Å². The van der Waals surface area contributed by atoms with Crippen LogP contribution in [0.4, 0.5) is 5.69 Å². The van der Waals surface area contributed by atoms with E-state index >= 15 is 0 Å². The molecule has 2 rings (SSSR count). The predicted octanol–water partition coefficient (Wildman–Crippen LogP) is 3.45. The normalized spacial score (nSPS) is 10.1. The molecule has 0 unspecified atom stereocenters. The Morgan fingerprint density at radius 3 is 2.65 bits per heavy atom. The Kier molecular flexibility index (Phi) is 4.36. The molecule has 5 nitrogen and oxygen atoms in total. The molecule has 0 bridgehead atoms. The van der Waals surface area contributed by atoms with Crippen molar-refractivity contribution in [2.75, 3.05) is 5.32 Å². The molecule has 0 aliphatic heterocycles. The molecule has 0 atom stereocenters. The number of carbonyl (C=O) groups is 2. The third-order valence-corrected chi connectivity index (χ3v) is 3.42. The van der Waals surface area contributed by atoms with Crippen LogP contribution in [0.3, 0.4) is 0 Å². The van der Waals surface area contributed by atoms with E-state index in [9.17, 15) is 9.59 Å². The summed E-state index contributed by atoms with van der Waals surface area (Å²) in [7, 11) is 0. The summed E-state index contributed by atoms with van der Waals surface area (Å²) in [5, 5.41) is 11.7. The van der Waals surface area contributed by atoms with Gasteiger partial charge in [-0.05, 0) is 46.3 Å². The number of nitrogens with one attached hydrogen (secondary N) is 1. The molecule has 0 saturated carbocycles. The molecule has 102 valence electrons. The van der Waals surface area contributed by atoms with Crippen LogP contribution in [-0.2, 0) is 0 Å². The van der Waals surface area contributed by atoms with Gasteiger partial charge in [0.15, 0.2) is 0 Å². The lowest BCUT2D eigenvalue weighted by atomic mass is 10.2. The maximum atomic E-state index is 12.0.